The average molecular weight is 400 g/mol. The summed E-state index contributed by atoms with van der Waals surface area (Å²) in [6.07, 6.45) is 0.237. The van der Waals surface area contributed by atoms with Crippen LogP contribution in [-0.2, 0) is 4.79 Å². The molecule has 0 heterocycles. The Morgan fingerprint density at radius 3 is 2.60 bits per heavy atom. The molecule has 0 saturated heterocycles. The summed E-state index contributed by atoms with van der Waals surface area (Å²) in [5.74, 6) is -0.203. The van der Waals surface area contributed by atoms with E-state index in [9.17, 15) is 9.59 Å². The highest BCUT2D eigenvalue weighted by Gasteiger charge is 2.08. The standard InChI is InChI=1S/C19H18BrN3O2/c1-12-3-6-16(20)10-17(12)23-19(25)7-8-22-18-9-14(13(2)24)4-5-15(18)11-21/h3-6,9-10,22H,7-8H2,1-2H3,(H,23,25). The maximum absolute atomic E-state index is 12.1. The van der Waals surface area contributed by atoms with Gasteiger partial charge in [-0.15, -0.1) is 0 Å². The second-order valence-electron chi connectivity index (χ2n) is 5.61. The van der Waals surface area contributed by atoms with Crippen LogP contribution in [0.1, 0.15) is 34.8 Å². The highest BCUT2D eigenvalue weighted by molar-refractivity contribution is 9.10. The number of halogens is 1. The molecule has 0 aliphatic rings. The smallest absolute Gasteiger partial charge is 0.226 e. The van der Waals surface area contributed by atoms with Crippen LogP contribution in [0.15, 0.2) is 40.9 Å². The molecule has 0 aliphatic carbocycles. The van der Waals surface area contributed by atoms with Crippen molar-refractivity contribution in [3.63, 3.8) is 0 Å². The van der Waals surface area contributed by atoms with Gasteiger partial charge in [0.15, 0.2) is 5.78 Å². The van der Waals surface area contributed by atoms with Gasteiger partial charge in [-0.1, -0.05) is 22.0 Å². The number of carbonyl (C=O) groups is 2. The third-order valence-corrected chi connectivity index (χ3v) is 4.18. The van der Waals surface area contributed by atoms with E-state index in [2.05, 4.69) is 32.6 Å². The molecular formula is C19H18BrN3O2. The predicted octanol–water partition coefficient (Wildman–Crippen LogP) is 4.27. The van der Waals surface area contributed by atoms with Gasteiger partial charge in [0, 0.05) is 28.7 Å². The Kier molecular flexibility index (Phi) is 6.31. The van der Waals surface area contributed by atoms with Crippen molar-refractivity contribution in [3.05, 3.63) is 57.6 Å². The van der Waals surface area contributed by atoms with Gasteiger partial charge in [-0.25, -0.2) is 0 Å². The van der Waals surface area contributed by atoms with Crippen LogP contribution in [-0.4, -0.2) is 18.2 Å². The van der Waals surface area contributed by atoms with E-state index in [1.54, 1.807) is 18.2 Å². The lowest BCUT2D eigenvalue weighted by Gasteiger charge is -2.11. The Bertz CT molecular complexity index is 856. The van der Waals surface area contributed by atoms with Gasteiger partial charge in [0.1, 0.15) is 6.07 Å². The largest absolute Gasteiger partial charge is 0.383 e. The van der Waals surface area contributed by atoms with E-state index in [-0.39, 0.29) is 18.1 Å². The van der Waals surface area contributed by atoms with Gasteiger partial charge in [-0.3, -0.25) is 9.59 Å². The Balaban J connectivity index is 1.97. The molecule has 2 rings (SSSR count). The van der Waals surface area contributed by atoms with Gasteiger partial charge in [0.25, 0.3) is 0 Å². The molecule has 1 amide bonds. The van der Waals surface area contributed by atoms with E-state index >= 15 is 0 Å². The van der Waals surface area contributed by atoms with Crippen molar-refractivity contribution in [1.82, 2.24) is 0 Å². The first-order chi connectivity index (χ1) is 11.9. The van der Waals surface area contributed by atoms with E-state index in [4.69, 9.17) is 5.26 Å². The number of carbonyl (C=O) groups excluding carboxylic acids is 2. The summed E-state index contributed by atoms with van der Waals surface area (Å²) in [7, 11) is 0. The number of hydrogen-bond acceptors (Lipinski definition) is 4. The van der Waals surface area contributed by atoms with Gasteiger partial charge < -0.3 is 10.6 Å². The number of anilines is 2. The van der Waals surface area contributed by atoms with Gasteiger partial charge in [-0.05, 0) is 49.7 Å². The molecule has 0 unspecified atom stereocenters. The van der Waals surface area contributed by atoms with Gasteiger partial charge >= 0.3 is 0 Å². The number of amides is 1. The molecule has 0 atom stereocenters. The summed E-state index contributed by atoms with van der Waals surface area (Å²) in [5, 5.41) is 15.1. The van der Waals surface area contributed by atoms with Crippen LogP contribution in [0.4, 0.5) is 11.4 Å². The molecule has 2 aromatic rings. The lowest BCUT2D eigenvalue weighted by Crippen LogP contribution is -2.17. The van der Waals surface area contributed by atoms with Crippen LogP contribution in [0.2, 0.25) is 0 Å². The maximum atomic E-state index is 12.1. The normalized spacial score (nSPS) is 10.0. The molecule has 0 fully saturated rings. The Morgan fingerprint density at radius 1 is 1.16 bits per heavy atom. The minimum Gasteiger partial charge on any atom is -0.383 e. The van der Waals surface area contributed by atoms with Crippen LogP contribution in [0, 0.1) is 18.3 Å². The molecule has 0 aliphatic heterocycles. The Hall–Kier alpha value is -2.65. The van der Waals surface area contributed by atoms with Crippen molar-refractivity contribution in [2.24, 2.45) is 0 Å². The van der Waals surface area contributed by atoms with Crippen LogP contribution in [0.3, 0.4) is 0 Å². The van der Waals surface area contributed by atoms with Gasteiger partial charge in [0.2, 0.25) is 5.91 Å². The summed E-state index contributed by atoms with van der Waals surface area (Å²) in [5.41, 5.74) is 3.26. The number of hydrogen-bond donors (Lipinski definition) is 2. The highest BCUT2D eigenvalue weighted by atomic mass is 79.9. The first-order valence-corrected chi connectivity index (χ1v) is 8.55. The zero-order chi connectivity index (χ0) is 18.4. The van der Waals surface area contributed by atoms with Crippen molar-refractivity contribution < 1.29 is 9.59 Å². The lowest BCUT2D eigenvalue weighted by atomic mass is 10.1. The average Bonchev–Trinajstić information content (AvgIpc) is 2.58. The SMILES string of the molecule is CC(=O)c1ccc(C#N)c(NCCC(=O)Nc2cc(Br)ccc2C)c1. The number of Topliss-reactive ketones (excluding diaryl/α,β-unsaturated/α-hetero) is 1. The molecular weight excluding hydrogens is 382 g/mol. The summed E-state index contributed by atoms with van der Waals surface area (Å²) in [4.78, 5) is 23.6. The number of ketones is 1. The van der Waals surface area contributed by atoms with Crippen molar-refractivity contribution in [3.8, 4) is 6.07 Å². The van der Waals surface area contributed by atoms with Crippen LogP contribution >= 0.6 is 15.9 Å². The number of nitriles is 1. The zero-order valence-corrected chi connectivity index (χ0v) is 15.6. The van der Waals surface area contributed by atoms with E-state index < -0.39 is 0 Å². The lowest BCUT2D eigenvalue weighted by molar-refractivity contribution is -0.115. The summed E-state index contributed by atoms with van der Waals surface area (Å²) < 4.78 is 0.895. The predicted molar refractivity (Wildman–Crippen MR) is 102 cm³/mol. The van der Waals surface area contributed by atoms with Crippen molar-refractivity contribution in [2.45, 2.75) is 20.3 Å². The first-order valence-electron chi connectivity index (χ1n) is 7.75. The fraction of sp³-hybridized carbons (Fsp3) is 0.211. The Morgan fingerprint density at radius 2 is 1.92 bits per heavy atom. The fourth-order valence-corrected chi connectivity index (χ4v) is 2.62. The van der Waals surface area contributed by atoms with E-state index in [0.717, 1.165) is 15.7 Å². The number of nitrogens with zero attached hydrogens (tertiary/aromatic N) is 1. The van der Waals surface area contributed by atoms with Gasteiger partial charge in [0.05, 0.1) is 11.3 Å². The van der Waals surface area contributed by atoms with Gasteiger partial charge in [-0.2, -0.15) is 5.26 Å². The molecule has 2 N–H and O–H groups in total. The second-order valence-corrected chi connectivity index (χ2v) is 6.53. The number of rotatable bonds is 6. The van der Waals surface area contributed by atoms with E-state index in [0.29, 0.717) is 23.4 Å². The van der Waals surface area contributed by atoms with Crippen molar-refractivity contribution in [1.29, 1.82) is 5.26 Å². The molecule has 25 heavy (non-hydrogen) atoms. The third-order valence-electron chi connectivity index (χ3n) is 3.69. The highest BCUT2D eigenvalue weighted by Crippen LogP contribution is 2.21. The van der Waals surface area contributed by atoms with E-state index in [1.807, 2.05) is 25.1 Å². The summed E-state index contributed by atoms with van der Waals surface area (Å²) in [6.45, 7) is 3.75. The zero-order valence-electron chi connectivity index (χ0n) is 14.0. The maximum Gasteiger partial charge on any atom is 0.226 e. The molecule has 6 heteroatoms. The molecule has 0 radical (unpaired) electrons. The molecule has 0 saturated carbocycles. The minimum absolute atomic E-state index is 0.0737. The molecule has 128 valence electrons. The molecule has 0 spiro atoms. The van der Waals surface area contributed by atoms with Crippen LogP contribution in [0.5, 0.6) is 0 Å². The molecule has 2 aromatic carbocycles. The number of aryl methyl sites for hydroxylation is 1. The van der Waals surface area contributed by atoms with Crippen molar-refractivity contribution in [2.75, 3.05) is 17.2 Å². The molecule has 0 aromatic heterocycles. The summed E-state index contributed by atoms with van der Waals surface area (Å²) in [6, 6.07) is 12.6. The van der Waals surface area contributed by atoms with Crippen LogP contribution < -0.4 is 10.6 Å². The first kappa shape index (κ1) is 18.7. The monoisotopic (exact) mass is 399 g/mol. The Labute approximate surface area is 155 Å². The minimum atomic E-state index is -0.130. The van der Waals surface area contributed by atoms with E-state index in [1.165, 1.54) is 6.92 Å². The van der Waals surface area contributed by atoms with Crippen LogP contribution in [0.25, 0.3) is 0 Å². The number of benzene rings is 2. The number of nitrogens with one attached hydrogen (secondary N) is 2. The quantitative estimate of drug-likeness (QED) is 0.710. The fourth-order valence-electron chi connectivity index (χ4n) is 2.26. The second kappa shape index (κ2) is 8.45. The van der Waals surface area contributed by atoms with Crippen molar-refractivity contribution >= 4 is 39.0 Å². The summed E-state index contributed by atoms with van der Waals surface area (Å²) >= 11 is 3.38. The third kappa shape index (κ3) is 5.16. The topological polar surface area (TPSA) is 82.0 Å². The molecule has 5 nitrogen and oxygen atoms in total. The molecule has 0 bridgehead atoms.